The maximum absolute atomic E-state index is 12.4. The second-order valence-electron chi connectivity index (χ2n) is 5.42. The lowest BCUT2D eigenvalue weighted by Crippen LogP contribution is -2.14. The van der Waals surface area contributed by atoms with Crippen molar-refractivity contribution < 1.29 is 14.3 Å². The summed E-state index contributed by atoms with van der Waals surface area (Å²) in [6.07, 6.45) is 0. The summed E-state index contributed by atoms with van der Waals surface area (Å²) in [6, 6.07) is 11.0. The summed E-state index contributed by atoms with van der Waals surface area (Å²) < 4.78 is 10.6. The predicted molar refractivity (Wildman–Crippen MR) is 93.0 cm³/mol. The number of carbonyl (C=O) groups is 1. The fourth-order valence-electron chi connectivity index (χ4n) is 2.25. The lowest BCUT2D eigenvalue weighted by molar-refractivity contribution is 0.102. The Morgan fingerprint density at radius 1 is 1.00 bits per heavy atom. The molecular formula is C18H22N2O3. The number of ether oxygens (including phenoxy) is 2. The van der Waals surface area contributed by atoms with E-state index in [0.717, 1.165) is 11.3 Å². The van der Waals surface area contributed by atoms with Crippen molar-refractivity contribution in [2.24, 2.45) is 0 Å². The lowest BCUT2D eigenvalue weighted by atomic mass is 10.1. The Balaban J connectivity index is 2.25. The molecule has 2 aromatic carbocycles. The molecule has 0 aromatic heterocycles. The molecule has 0 unspecified atom stereocenters. The molecule has 122 valence electrons. The Hall–Kier alpha value is -2.69. The Bertz CT molecular complexity index is 694. The first kappa shape index (κ1) is 16.7. The van der Waals surface area contributed by atoms with Crippen LogP contribution in [0.5, 0.6) is 11.5 Å². The van der Waals surface area contributed by atoms with Gasteiger partial charge in [0, 0.05) is 31.4 Å². The van der Waals surface area contributed by atoms with Crippen LogP contribution >= 0.6 is 0 Å². The smallest absolute Gasteiger partial charge is 0.255 e. The molecule has 0 aliphatic heterocycles. The monoisotopic (exact) mass is 314 g/mol. The topological polar surface area (TPSA) is 50.8 Å². The zero-order valence-corrected chi connectivity index (χ0v) is 14.1. The van der Waals surface area contributed by atoms with Gasteiger partial charge in [0.2, 0.25) is 0 Å². The molecule has 0 aliphatic rings. The SMILES string of the molecule is COc1cc(NC(=O)c2ccc(N(C)C)cc2)c(OC)cc1C. The van der Waals surface area contributed by atoms with Crippen LogP contribution in [0.1, 0.15) is 15.9 Å². The number of aryl methyl sites for hydroxylation is 1. The third-order valence-electron chi connectivity index (χ3n) is 3.61. The van der Waals surface area contributed by atoms with Crippen molar-refractivity contribution in [3.8, 4) is 11.5 Å². The number of nitrogens with one attached hydrogen (secondary N) is 1. The first-order chi connectivity index (χ1) is 11.0. The summed E-state index contributed by atoms with van der Waals surface area (Å²) in [5, 5.41) is 2.87. The summed E-state index contributed by atoms with van der Waals surface area (Å²) in [7, 11) is 7.08. The van der Waals surface area contributed by atoms with Gasteiger partial charge in [-0.05, 0) is 42.8 Å². The van der Waals surface area contributed by atoms with E-state index in [1.165, 1.54) is 0 Å². The van der Waals surface area contributed by atoms with E-state index < -0.39 is 0 Å². The number of anilines is 2. The normalized spacial score (nSPS) is 10.1. The molecule has 0 atom stereocenters. The highest BCUT2D eigenvalue weighted by molar-refractivity contribution is 6.05. The number of nitrogens with zero attached hydrogens (tertiary/aromatic N) is 1. The number of hydrogen-bond donors (Lipinski definition) is 1. The maximum Gasteiger partial charge on any atom is 0.255 e. The maximum atomic E-state index is 12.4. The van der Waals surface area contributed by atoms with Crippen LogP contribution in [-0.2, 0) is 0 Å². The average molecular weight is 314 g/mol. The largest absolute Gasteiger partial charge is 0.496 e. The number of carbonyl (C=O) groups excluding carboxylic acids is 1. The molecule has 23 heavy (non-hydrogen) atoms. The molecule has 5 heteroatoms. The summed E-state index contributed by atoms with van der Waals surface area (Å²) in [4.78, 5) is 14.4. The lowest BCUT2D eigenvalue weighted by Gasteiger charge is -2.15. The molecule has 5 nitrogen and oxygen atoms in total. The quantitative estimate of drug-likeness (QED) is 0.920. The standard InChI is InChI=1S/C18H22N2O3/c1-12-10-17(23-5)15(11-16(12)22-4)19-18(21)13-6-8-14(9-7-13)20(2)3/h6-11H,1-5H3,(H,19,21). The number of benzene rings is 2. The zero-order chi connectivity index (χ0) is 17.0. The average Bonchev–Trinajstić information content (AvgIpc) is 2.55. The van der Waals surface area contributed by atoms with Crippen molar-refractivity contribution in [2.45, 2.75) is 6.92 Å². The molecule has 0 spiro atoms. The summed E-state index contributed by atoms with van der Waals surface area (Å²) in [5.41, 5.74) is 3.14. The van der Waals surface area contributed by atoms with E-state index in [1.807, 2.05) is 44.1 Å². The van der Waals surface area contributed by atoms with Crippen molar-refractivity contribution in [2.75, 3.05) is 38.5 Å². The van der Waals surface area contributed by atoms with E-state index in [4.69, 9.17) is 9.47 Å². The molecule has 2 aromatic rings. The van der Waals surface area contributed by atoms with Crippen molar-refractivity contribution >= 4 is 17.3 Å². The fourth-order valence-corrected chi connectivity index (χ4v) is 2.25. The van der Waals surface area contributed by atoms with E-state index in [1.54, 1.807) is 32.4 Å². The second-order valence-corrected chi connectivity index (χ2v) is 5.42. The van der Waals surface area contributed by atoms with Crippen LogP contribution in [0, 0.1) is 6.92 Å². The van der Waals surface area contributed by atoms with Crippen LogP contribution in [-0.4, -0.2) is 34.2 Å². The van der Waals surface area contributed by atoms with Gasteiger partial charge < -0.3 is 19.7 Å². The highest BCUT2D eigenvalue weighted by Crippen LogP contribution is 2.32. The van der Waals surface area contributed by atoms with Gasteiger partial charge in [0.05, 0.1) is 19.9 Å². The van der Waals surface area contributed by atoms with Crippen LogP contribution in [0.2, 0.25) is 0 Å². The molecule has 1 N–H and O–H groups in total. The minimum atomic E-state index is -0.195. The van der Waals surface area contributed by atoms with E-state index >= 15 is 0 Å². The number of rotatable bonds is 5. The third kappa shape index (κ3) is 3.74. The Morgan fingerprint density at radius 3 is 2.13 bits per heavy atom. The van der Waals surface area contributed by atoms with E-state index in [2.05, 4.69) is 5.32 Å². The van der Waals surface area contributed by atoms with Gasteiger partial charge in [-0.3, -0.25) is 4.79 Å². The van der Waals surface area contributed by atoms with Crippen molar-refractivity contribution in [1.29, 1.82) is 0 Å². The van der Waals surface area contributed by atoms with Gasteiger partial charge in [-0.2, -0.15) is 0 Å². The van der Waals surface area contributed by atoms with E-state index in [9.17, 15) is 4.79 Å². The number of amides is 1. The zero-order valence-electron chi connectivity index (χ0n) is 14.1. The molecule has 0 heterocycles. The number of methoxy groups -OCH3 is 2. The van der Waals surface area contributed by atoms with Crippen molar-refractivity contribution in [3.05, 3.63) is 47.5 Å². The van der Waals surface area contributed by atoms with Gasteiger partial charge in [-0.15, -0.1) is 0 Å². The third-order valence-corrected chi connectivity index (χ3v) is 3.61. The Morgan fingerprint density at radius 2 is 1.61 bits per heavy atom. The summed E-state index contributed by atoms with van der Waals surface area (Å²) in [5.74, 6) is 1.10. The van der Waals surface area contributed by atoms with Crippen LogP contribution in [0.3, 0.4) is 0 Å². The molecule has 0 fully saturated rings. The predicted octanol–water partition coefficient (Wildman–Crippen LogP) is 3.33. The van der Waals surface area contributed by atoms with Crippen LogP contribution in [0.4, 0.5) is 11.4 Å². The second kappa shape index (κ2) is 7.05. The highest BCUT2D eigenvalue weighted by atomic mass is 16.5. The van der Waals surface area contributed by atoms with Gasteiger partial charge in [0.1, 0.15) is 11.5 Å². The molecule has 0 saturated heterocycles. The minimum absolute atomic E-state index is 0.195. The van der Waals surface area contributed by atoms with Crippen LogP contribution in [0.15, 0.2) is 36.4 Å². The minimum Gasteiger partial charge on any atom is -0.496 e. The highest BCUT2D eigenvalue weighted by Gasteiger charge is 2.13. The molecule has 0 radical (unpaired) electrons. The van der Waals surface area contributed by atoms with Gasteiger partial charge in [-0.1, -0.05) is 0 Å². The van der Waals surface area contributed by atoms with Gasteiger partial charge in [-0.25, -0.2) is 0 Å². The van der Waals surface area contributed by atoms with E-state index in [0.29, 0.717) is 22.7 Å². The molecular weight excluding hydrogens is 292 g/mol. The van der Waals surface area contributed by atoms with Crippen molar-refractivity contribution in [3.63, 3.8) is 0 Å². The Kier molecular flexibility index (Phi) is 5.11. The molecule has 0 saturated carbocycles. The molecule has 0 aliphatic carbocycles. The first-order valence-corrected chi connectivity index (χ1v) is 7.27. The number of hydrogen-bond acceptors (Lipinski definition) is 4. The fraction of sp³-hybridized carbons (Fsp3) is 0.278. The first-order valence-electron chi connectivity index (χ1n) is 7.27. The van der Waals surface area contributed by atoms with Gasteiger partial charge in [0.15, 0.2) is 0 Å². The van der Waals surface area contributed by atoms with E-state index in [-0.39, 0.29) is 5.91 Å². The van der Waals surface area contributed by atoms with Crippen LogP contribution in [0.25, 0.3) is 0 Å². The summed E-state index contributed by atoms with van der Waals surface area (Å²) in [6.45, 7) is 1.92. The molecule has 2 rings (SSSR count). The van der Waals surface area contributed by atoms with Crippen molar-refractivity contribution in [1.82, 2.24) is 0 Å². The Labute approximate surface area is 136 Å². The molecule has 1 amide bonds. The summed E-state index contributed by atoms with van der Waals surface area (Å²) >= 11 is 0. The van der Waals surface area contributed by atoms with Crippen LogP contribution < -0.4 is 19.7 Å². The molecule has 0 bridgehead atoms. The van der Waals surface area contributed by atoms with Gasteiger partial charge >= 0.3 is 0 Å². The van der Waals surface area contributed by atoms with Gasteiger partial charge in [0.25, 0.3) is 5.91 Å².